The van der Waals surface area contributed by atoms with E-state index in [0.29, 0.717) is 21.5 Å². The lowest BCUT2D eigenvalue weighted by molar-refractivity contribution is 0.626. The van der Waals surface area contributed by atoms with E-state index in [1.54, 1.807) is 24.0 Å². The van der Waals surface area contributed by atoms with Crippen LogP contribution >= 0.6 is 35.6 Å². The fraction of sp³-hybridized carbons (Fsp3) is 0.158. The normalized spacial score (nSPS) is 13.7. The van der Waals surface area contributed by atoms with Crippen LogP contribution in [0, 0.1) is 19.7 Å². The maximum Gasteiger partial charge on any atom is 0.191 e. The van der Waals surface area contributed by atoms with Gasteiger partial charge in [-0.05, 0) is 67.5 Å². The zero-order valence-corrected chi connectivity index (χ0v) is 16.7. The summed E-state index contributed by atoms with van der Waals surface area (Å²) in [6.45, 7) is 4.11. The molecule has 1 heterocycles. The lowest BCUT2D eigenvalue weighted by Gasteiger charge is -2.17. The van der Waals surface area contributed by atoms with Crippen molar-refractivity contribution >= 4 is 57.6 Å². The molecule has 0 radical (unpaired) electrons. The van der Waals surface area contributed by atoms with E-state index in [2.05, 4.69) is 22.8 Å². The second kappa shape index (κ2) is 8.20. The van der Waals surface area contributed by atoms with Gasteiger partial charge in [0.15, 0.2) is 5.11 Å². The third-order valence-corrected chi connectivity index (χ3v) is 5.76. The average Bonchev–Trinajstić information content (AvgIpc) is 2.60. The molecule has 0 fully saturated rings. The molecule has 0 aliphatic carbocycles. The molecular weight excluding hydrogens is 389 g/mol. The highest BCUT2D eigenvalue weighted by molar-refractivity contribution is 7.99. The Labute approximate surface area is 166 Å². The monoisotopic (exact) mass is 405 g/mol. The van der Waals surface area contributed by atoms with E-state index < -0.39 is 0 Å². The number of benzene rings is 2. The number of hydrogen-bond donors (Lipinski definition) is 2. The Morgan fingerprint density at radius 2 is 2.04 bits per heavy atom. The predicted molar refractivity (Wildman–Crippen MR) is 114 cm³/mol. The van der Waals surface area contributed by atoms with Gasteiger partial charge in [0.05, 0.1) is 11.2 Å². The number of nitrogens with one attached hydrogen (secondary N) is 2. The minimum atomic E-state index is -0.308. The maximum atomic E-state index is 13.5. The zero-order valence-electron chi connectivity index (χ0n) is 14.3. The Kier molecular flexibility index (Phi) is 5.96. The van der Waals surface area contributed by atoms with Gasteiger partial charge in [-0.15, -0.1) is 11.8 Å². The summed E-state index contributed by atoms with van der Waals surface area (Å²) in [5.74, 6) is 0.359. The molecule has 0 aromatic heterocycles. The largest absolute Gasteiger partial charge is 0.331 e. The van der Waals surface area contributed by atoms with Gasteiger partial charge in [0.25, 0.3) is 0 Å². The van der Waals surface area contributed by atoms with E-state index in [1.807, 2.05) is 25.1 Å². The third-order valence-electron chi connectivity index (χ3n) is 3.99. The summed E-state index contributed by atoms with van der Waals surface area (Å²) in [7, 11) is 0. The molecule has 2 N–H and O–H groups in total. The fourth-order valence-electron chi connectivity index (χ4n) is 2.43. The minimum Gasteiger partial charge on any atom is -0.331 e. The van der Waals surface area contributed by atoms with Gasteiger partial charge in [-0.25, -0.2) is 4.39 Å². The molecule has 2 aromatic rings. The first-order chi connectivity index (χ1) is 12.4. The molecule has 1 aliphatic heterocycles. The quantitative estimate of drug-likeness (QED) is 0.403. The molecule has 0 saturated carbocycles. The predicted octanol–water partition coefficient (Wildman–Crippen LogP) is 5.47. The molecule has 0 unspecified atom stereocenters. The number of halogens is 2. The molecule has 1 aliphatic rings. The van der Waals surface area contributed by atoms with Crippen LogP contribution in [0.5, 0.6) is 0 Å². The zero-order chi connectivity index (χ0) is 18.7. The fourth-order valence-corrected chi connectivity index (χ4v) is 4.02. The first-order valence-corrected chi connectivity index (χ1v) is 9.70. The average molecular weight is 406 g/mol. The molecular formula is C19H17ClFN3S2. The number of fused-ring (bicyclic) bond motifs is 1. The maximum absolute atomic E-state index is 13.5. The van der Waals surface area contributed by atoms with Crippen molar-refractivity contribution in [3.63, 3.8) is 0 Å². The summed E-state index contributed by atoms with van der Waals surface area (Å²) in [6, 6.07) is 10.6. The van der Waals surface area contributed by atoms with Gasteiger partial charge in [0.1, 0.15) is 5.82 Å². The van der Waals surface area contributed by atoms with Crippen molar-refractivity contribution in [2.75, 3.05) is 11.1 Å². The van der Waals surface area contributed by atoms with Gasteiger partial charge in [0, 0.05) is 27.5 Å². The molecule has 26 heavy (non-hydrogen) atoms. The molecule has 0 spiro atoms. The van der Waals surface area contributed by atoms with Crippen molar-refractivity contribution in [2.45, 2.75) is 18.7 Å². The molecule has 0 bridgehead atoms. The van der Waals surface area contributed by atoms with Gasteiger partial charge in [-0.3, -0.25) is 5.43 Å². The van der Waals surface area contributed by atoms with E-state index in [4.69, 9.17) is 23.8 Å². The van der Waals surface area contributed by atoms with E-state index >= 15 is 0 Å². The van der Waals surface area contributed by atoms with Crippen LogP contribution in [0.15, 0.2) is 52.0 Å². The minimum absolute atomic E-state index is 0.308. The number of rotatable bonds is 3. The van der Waals surface area contributed by atoms with Crippen LogP contribution in [-0.2, 0) is 0 Å². The molecule has 3 nitrogen and oxygen atoms in total. The van der Waals surface area contributed by atoms with Crippen molar-refractivity contribution in [3.05, 3.63) is 64.5 Å². The summed E-state index contributed by atoms with van der Waals surface area (Å²) < 4.78 is 13.5. The van der Waals surface area contributed by atoms with Crippen molar-refractivity contribution in [3.8, 4) is 0 Å². The Balaban J connectivity index is 1.65. The number of anilines is 1. The second-order valence-corrected chi connectivity index (χ2v) is 7.69. The van der Waals surface area contributed by atoms with Crippen molar-refractivity contribution in [1.82, 2.24) is 5.43 Å². The van der Waals surface area contributed by atoms with Crippen molar-refractivity contribution in [2.24, 2.45) is 5.10 Å². The Bertz CT molecular complexity index is 925. The van der Waals surface area contributed by atoms with Gasteiger partial charge in [-0.2, -0.15) is 5.10 Å². The smallest absolute Gasteiger partial charge is 0.191 e. The number of hydrogen-bond acceptors (Lipinski definition) is 3. The Morgan fingerprint density at radius 1 is 1.23 bits per heavy atom. The number of nitrogens with zero attached hydrogens (tertiary/aromatic N) is 1. The number of hydrazone groups is 1. The van der Waals surface area contributed by atoms with E-state index in [0.717, 1.165) is 16.2 Å². The van der Waals surface area contributed by atoms with Crippen molar-refractivity contribution < 1.29 is 4.39 Å². The molecule has 2 aromatic carbocycles. The number of thioether (sulfide) groups is 1. The Morgan fingerprint density at radius 3 is 2.81 bits per heavy atom. The van der Waals surface area contributed by atoms with Crippen LogP contribution < -0.4 is 10.7 Å². The van der Waals surface area contributed by atoms with Crippen LogP contribution in [-0.4, -0.2) is 17.1 Å². The topological polar surface area (TPSA) is 36.4 Å². The summed E-state index contributed by atoms with van der Waals surface area (Å²) in [6.07, 6.45) is 1.62. The number of thiocarbonyl (C=S) groups is 1. The van der Waals surface area contributed by atoms with Gasteiger partial charge < -0.3 is 5.32 Å². The summed E-state index contributed by atoms with van der Waals surface area (Å²) in [5, 5.41) is 8.13. The third kappa shape index (κ3) is 4.44. The molecule has 7 heteroatoms. The number of aryl methyl sites for hydroxylation is 2. The first kappa shape index (κ1) is 18.9. The van der Waals surface area contributed by atoms with E-state index in [9.17, 15) is 4.39 Å². The van der Waals surface area contributed by atoms with Crippen LogP contribution in [0.1, 0.15) is 16.7 Å². The van der Waals surface area contributed by atoms with E-state index in [1.165, 1.54) is 23.3 Å². The van der Waals surface area contributed by atoms with Crippen LogP contribution in [0.2, 0.25) is 0 Å². The van der Waals surface area contributed by atoms with Crippen LogP contribution in [0.3, 0.4) is 0 Å². The summed E-state index contributed by atoms with van der Waals surface area (Å²) >= 11 is 13.2. The van der Waals surface area contributed by atoms with Crippen molar-refractivity contribution in [1.29, 1.82) is 0 Å². The molecule has 0 atom stereocenters. The molecule has 134 valence electrons. The van der Waals surface area contributed by atoms with E-state index in [-0.39, 0.29) is 5.82 Å². The second-order valence-electron chi connectivity index (χ2n) is 5.89. The van der Waals surface area contributed by atoms with Crippen LogP contribution in [0.25, 0.3) is 5.03 Å². The standard InChI is InChI=1S/C19H17ClFN3S2/c1-11-3-5-15(7-12(11)2)23-19(25)24-22-9-13-10-26-17-6-4-14(21)8-16(17)18(13)20/h3-9H,10H2,1-2H3,(H2,23,24,25)/b22-9+. The highest BCUT2D eigenvalue weighted by Gasteiger charge is 2.17. The van der Waals surface area contributed by atoms with Gasteiger partial charge >= 0.3 is 0 Å². The molecule has 0 saturated heterocycles. The van der Waals surface area contributed by atoms with Crippen LogP contribution in [0.4, 0.5) is 10.1 Å². The molecule has 0 amide bonds. The molecule has 3 rings (SSSR count). The lowest BCUT2D eigenvalue weighted by atomic mass is 10.1. The summed E-state index contributed by atoms with van der Waals surface area (Å²) in [5.41, 5.74) is 7.60. The van der Waals surface area contributed by atoms with Gasteiger partial charge in [-0.1, -0.05) is 17.7 Å². The van der Waals surface area contributed by atoms with Gasteiger partial charge in [0.2, 0.25) is 0 Å². The summed E-state index contributed by atoms with van der Waals surface area (Å²) in [4.78, 5) is 0.966. The highest BCUT2D eigenvalue weighted by atomic mass is 35.5. The highest BCUT2D eigenvalue weighted by Crippen LogP contribution is 2.38. The Hall–Kier alpha value is -1.89. The lowest BCUT2D eigenvalue weighted by Crippen LogP contribution is -2.24. The first-order valence-electron chi connectivity index (χ1n) is 7.92. The SMILES string of the molecule is Cc1ccc(NC(=S)N/N=C/C2=C(Cl)c3cc(F)ccc3SC2)cc1C.